The van der Waals surface area contributed by atoms with Crippen LogP contribution in [0.1, 0.15) is 28.1 Å². The maximum absolute atomic E-state index is 13.0. The normalized spacial score (nSPS) is 20.3. The lowest BCUT2D eigenvalue weighted by atomic mass is 10.1. The largest absolute Gasteiger partial charge is 0.491 e. The number of amides is 1. The maximum Gasteiger partial charge on any atom is 0.267 e. The summed E-state index contributed by atoms with van der Waals surface area (Å²) in [5, 5.41) is 2.78. The van der Waals surface area contributed by atoms with Crippen molar-refractivity contribution in [1.82, 2.24) is 15.3 Å². The van der Waals surface area contributed by atoms with Gasteiger partial charge in [0.15, 0.2) is 0 Å². The number of hydrogen-bond acceptors (Lipinski definition) is 7. The van der Waals surface area contributed by atoms with Crippen LogP contribution in [0.2, 0.25) is 0 Å². The van der Waals surface area contributed by atoms with Crippen molar-refractivity contribution in [2.45, 2.75) is 24.9 Å². The summed E-state index contributed by atoms with van der Waals surface area (Å²) in [5.74, 6) is -1.48. The molecule has 1 amide bonds. The van der Waals surface area contributed by atoms with Crippen LogP contribution in [0.4, 0.5) is 14.6 Å². The van der Waals surface area contributed by atoms with Gasteiger partial charge in [-0.3, -0.25) is 9.78 Å². The molecule has 2 atom stereocenters. The summed E-state index contributed by atoms with van der Waals surface area (Å²) >= 11 is 1.27. The van der Waals surface area contributed by atoms with E-state index in [1.807, 2.05) is 30.3 Å². The molecule has 1 unspecified atom stereocenters. The van der Waals surface area contributed by atoms with Crippen molar-refractivity contribution in [2.24, 2.45) is 5.92 Å². The summed E-state index contributed by atoms with van der Waals surface area (Å²) < 4.78 is 37.5. The van der Waals surface area contributed by atoms with Gasteiger partial charge in [0, 0.05) is 25.1 Å². The van der Waals surface area contributed by atoms with E-state index in [1.54, 1.807) is 17.8 Å². The standard InChI is InChI=1S/C25H24F2N4O3S/c1-16(30-24(32)22-12-28-15-35-22)17-2-4-19(5-3-17)34-21-8-9-31(13-21)23-7-6-20(11-29-23)33-14-18-10-25(18,26)27/h2-7,11-12,15,18,21H,1,8-10,13-14H2,(H,30,32)/t18?,21-/m1/s1. The molecule has 2 aromatic heterocycles. The Kier molecular flexibility index (Phi) is 6.38. The lowest BCUT2D eigenvalue weighted by molar-refractivity contribution is 0.0855. The second-order valence-corrected chi connectivity index (χ2v) is 9.51. The number of alkyl halides is 2. The van der Waals surface area contributed by atoms with Crippen LogP contribution in [0.5, 0.6) is 11.5 Å². The zero-order valence-corrected chi connectivity index (χ0v) is 19.6. The predicted molar refractivity (Wildman–Crippen MR) is 129 cm³/mol. The fraction of sp³-hybridized carbons (Fsp3) is 0.320. The van der Waals surface area contributed by atoms with Crippen molar-refractivity contribution in [3.05, 3.63) is 71.3 Å². The molecule has 2 aliphatic rings. The number of aromatic nitrogens is 2. The van der Waals surface area contributed by atoms with E-state index in [0.717, 1.165) is 30.1 Å². The molecule has 10 heteroatoms. The molecule has 35 heavy (non-hydrogen) atoms. The predicted octanol–water partition coefficient (Wildman–Crippen LogP) is 4.63. The summed E-state index contributed by atoms with van der Waals surface area (Å²) in [6.45, 7) is 5.43. The number of pyridine rings is 1. The van der Waals surface area contributed by atoms with E-state index in [9.17, 15) is 13.6 Å². The second-order valence-electron chi connectivity index (χ2n) is 8.62. The Hall–Kier alpha value is -3.53. The van der Waals surface area contributed by atoms with Crippen molar-refractivity contribution in [3.63, 3.8) is 0 Å². The van der Waals surface area contributed by atoms with Gasteiger partial charge in [0.1, 0.15) is 28.3 Å². The smallest absolute Gasteiger partial charge is 0.267 e. The lowest BCUT2D eigenvalue weighted by Crippen LogP contribution is -2.25. The third-order valence-corrected chi connectivity index (χ3v) is 6.79. The summed E-state index contributed by atoms with van der Waals surface area (Å²) in [7, 11) is 0. The Morgan fingerprint density at radius 2 is 1.97 bits per heavy atom. The van der Waals surface area contributed by atoms with E-state index in [4.69, 9.17) is 9.47 Å². The zero-order chi connectivity index (χ0) is 24.4. The maximum atomic E-state index is 13.0. The summed E-state index contributed by atoms with van der Waals surface area (Å²) in [5.41, 5.74) is 2.90. The molecule has 1 saturated heterocycles. The third-order valence-electron chi connectivity index (χ3n) is 6.02. The van der Waals surface area contributed by atoms with Crippen molar-refractivity contribution in [2.75, 3.05) is 24.6 Å². The average Bonchev–Trinajstić information content (AvgIpc) is 3.29. The van der Waals surface area contributed by atoms with Gasteiger partial charge in [0.25, 0.3) is 11.8 Å². The van der Waals surface area contributed by atoms with Crippen molar-refractivity contribution in [3.8, 4) is 11.5 Å². The average molecular weight is 499 g/mol. The van der Waals surface area contributed by atoms with E-state index in [0.29, 0.717) is 22.9 Å². The Morgan fingerprint density at radius 3 is 2.63 bits per heavy atom. The highest BCUT2D eigenvalue weighted by molar-refractivity contribution is 7.11. The van der Waals surface area contributed by atoms with Gasteiger partial charge < -0.3 is 19.7 Å². The first-order chi connectivity index (χ1) is 16.9. The first-order valence-electron chi connectivity index (χ1n) is 11.2. The Balaban J connectivity index is 1.09. The minimum atomic E-state index is -2.58. The van der Waals surface area contributed by atoms with Gasteiger partial charge in [-0.1, -0.05) is 6.58 Å². The fourth-order valence-corrected chi connectivity index (χ4v) is 4.37. The molecule has 1 aliphatic carbocycles. The quantitative estimate of drug-likeness (QED) is 0.464. The first kappa shape index (κ1) is 23.2. The Morgan fingerprint density at radius 1 is 1.20 bits per heavy atom. The number of nitrogens with one attached hydrogen (secondary N) is 1. The van der Waals surface area contributed by atoms with Gasteiger partial charge in [-0.2, -0.15) is 0 Å². The summed E-state index contributed by atoms with van der Waals surface area (Å²) in [4.78, 5) is 23.1. The summed E-state index contributed by atoms with van der Waals surface area (Å²) in [6, 6.07) is 11.0. The number of ether oxygens (including phenoxy) is 2. The number of anilines is 1. The fourth-order valence-electron chi connectivity index (χ4n) is 3.85. The van der Waals surface area contributed by atoms with Crippen LogP contribution < -0.4 is 19.7 Å². The highest BCUT2D eigenvalue weighted by Crippen LogP contribution is 2.48. The topological polar surface area (TPSA) is 76.6 Å². The minimum absolute atomic E-state index is 0.00454. The van der Waals surface area contributed by atoms with Gasteiger partial charge in [-0.15, -0.1) is 11.3 Å². The molecule has 7 nitrogen and oxygen atoms in total. The number of carbonyl (C=O) groups excluding carboxylic acids is 1. The Bertz CT molecular complexity index is 1190. The van der Waals surface area contributed by atoms with E-state index in [1.165, 1.54) is 17.5 Å². The highest BCUT2D eigenvalue weighted by Gasteiger charge is 2.57. The number of hydrogen-bond donors (Lipinski definition) is 1. The molecular formula is C25H24F2N4O3S. The van der Waals surface area contributed by atoms with Crippen LogP contribution in [0.3, 0.4) is 0 Å². The number of rotatable bonds is 9. The van der Waals surface area contributed by atoms with Crippen molar-refractivity contribution in [1.29, 1.82) is 0 Å². The zero-order valence-electron chi connectivity index (χ0n) is 18.8. The molecule has 182 valence electrons. The number of carbonyl (C=O) groups is 1. The van der Waals surface area contributed by atoms with Gasteiger partial charge >= 0.3 is 0 Å². The molecule has 0 bridgehead atoms. The van der Waals surface area contributed by atoms with Crippen molar-refractivity contribution < 1.29 is 23.0 Å². The van der Waals surface area contributed by atoms with Gasteiger partial charge in [0.2, 0.25) is 0 Å². The van der Waals surface area contributed by atoms with Crippen LogP contribution in [0.15, 0.2) is 60.9 Å². The molecule has 1 aliphatic heterocycles. The van der Waals surface area contributed by atoms with Gasteiger partial charge in [-0.25, -0.2) is 13.8 Å². The number of benzene rings is 1. The highest BCUT2D eigenvalue weighted by atomic mass is 32.1. The van der Waals surface area contributed by atoms with E-state index >= 15 is 0 Å². The number of nitrogens with zero attached hydrogens (tertiary/aromatic N) is 3. The molecule has 1 aromatic carbocycles. The van der Waals surface area contributed by atoms with Crippen LogP contribution in [0, 0.1) is 5.92 Å². The number of halogens is 2. The van der Waals surface area contributed by atoms with Gasteiger partial charge in [-0.05, 0) is 42.0 Å². The molecule has 1 saturated carbocycles. The summed E-state index contributed by atoms with van der Waals surface area (Å²) in [6.07, 6.45) is 3.84. The van der Waals surface area contributed by atoms with Crippen LogP contribution >= 0.6 is 11.3 Å². The van der Waals surface area contributed by atoms with Crippen LogP contribution in [-0.4, -0.2) is 47.6 Å². The van der Waals surface area contributed by atoms with E-state index in [2.05, 4.69) is 26.8 Å². The van der Waals surface area contributed by atoms with Crippen LogP contribution in [0.25, 0.3) is 5.70 Å². The second kappa shape index (κ2) is 9.61. The molecule has 3 heterocycles. The molecular weight excluding hydrogens is 474 g/mol. The van der Waals surface area contributed by atoms with Crippen LogP contribution in [-0.2, 0) is 0 Å². The molecule has 5 rings (SSSR count). The third kappa shape index (κ3) is 5.59. The molecule has 2 fully saturated rings. The first-order valence-corrected chi connectivity index (χ1v) is 12.1. The van der Waals surface area contributed by atoms with E-state index < -0.39 is 11.8 Å². The van der Waals surface area contributed by atoms with Gasteiger partial charge in [0.05, 0.1) is 37.0 Å². The van der Waals surface area contributed by atoms with Crippen molar-refractivity contribution >= 4 is 28.8 Å². The number of thiazole rings is 1. The SMILES string of the molecule is C=C(NC(=O)c1cncs1)c1ccc(O[C@@H]2CCN(c3ccc(OCC4CC4(F)F)cn3)C2)cc1. The molecule has 0 radical (unpaired) electrons. The Labute approximate surface area is 205 Å². The van der Waals surface area contributed by atoms with E-state index in [-0.39, 0.29) is 25.0 Å². The monoisotopic (exact) mass is 498 g/mol. The molecule has 3 aromatic rings. The minimum Gasteiger partial charge on any atom is -0.491 e. The lowest BCUT2D eigenvalue weighted by Gasteiger charge is -2.18. The molecule has 0 spiro atoms. The molecule has 1 N–H and O–H groups in total.